The number of rotatable bonds is 6. The minimum atomic E-state index is -3.13. The summed E-state index contributed by atoms with van der Waals surface area (Å²) in [7, 11) is -3.13. The molecule has 0 aliphatic carbocycles. The Morgan fingerprint density at radius 2 is 1.83 bits per heavy atom. The molecule has 106 valence electrons. The largest absolute Gasteiger partial charge is 0.381 e. The lowest BCUT2D eigenvalue weighted by Crippen LogP contribution is -2.35. The standard InChI is InChI=1S/C12H23NO4S/c14-18(15,7-4-11-3-6-17-9-11)13-8-12-2-1-5-16-10-12/h11-13H,1-10H2. The molecule has 2 aliphatic heterocycles. The third-order valence-electron chi connectivity index (χ3n) is 3.67. The predicted octanol–water partition coefficient (Wildman–Crippen LogP) is 0.759. The Balaban J connectivity index is 1.66. The maximum Gasteiger partial charge on any atom is 0.211 e. The molecule has 0 saturated carbocycles. The summed E-state index contributed by atoms with van der Waals surface area (Å²) in [6, 6.07) is 0. The number of sulfonamides is 1. The smallest absolute Gasteiger partial charge is 0.211 e. The van der Waals surface area contributed by atoms with Crippen LogP contribution in [0.5, 0.6) is 0 Å². The van der Waals surface area contributed by atoms with Crippen molar-refractivity contribution in [2.24, 2.45) is 11.8 Å². The number of ether oxygens (including phenoxy) is 2. The molecule has 6 heteroatoms. The van der Waals surface area contributed by atoms with E-state index in [1.165, 1.54) is 0 Å². The van der Waals surface area contributed by atoms with E-state index in [0.717, 1.165) is 32.5 Å². The first-order valence-corrected chi connectivity index (χ1v) is 8.44. The SMILES string of the molecule is O=S(=O)(CCC1CCOC1)NCC1CCCOC1. The molecule has 1 N–H and O–H groups in total. The van der Waals surface area contributed by atoms with E-state index < -0.39 is 10.0 Å². The van der Waals surface area contributed by atoms with Gasteiger partial charge in [-0.15, -0.1) is 0 Å². The zero-order valence-electron chi connectivity index (χ0n) is 10.8. The maximum absolute atomic E-state index is 11.8. The molecule has 0 spiro atoms. The molecule has 0 bridgehead atoms. The van der Waals surface area contributed by atoms with Crippen molar-refractivity contribution in [2.75, 3.05) is 38.7 Å². The van der Waals surface area contributed by atoms with Crippen molar-refractivity contribution in [3.05, 3.63) is 0 Å². The van der Waals surface area contributed by atoms with Crippen LogP contribution in [0.3, 0.4) is 0 Å². The van der Waals surface area contributed by atoms with Gasteiger partial charge in [0.25, 0.3) is 0 Å². The van der Waals surface area contributed by atoms with Gasteiger partial charge in [-0.2, -0.15) is 0 Å². The second kappa shape index (κ2) is 6.84. The third-order valence-corrected chi connectivity index (χ3v) is 5.04. The van der Waals surface area contributed by atoms with Gasteiger partial charge in [-0.25, -0.2) is 13.1 Å². The van der Waals surface area contributed by atoms with E-state index in [-0.39, 0.29) is 5.75 Å². The van der Waals surface area contributed by atoms with Crippen molar-refractivity contribution in [1.29, 1.82) is 0 Å². The molecule has 0 aromatic heterocycles. The van der Waals surface area contributed by atoms with Crippen LogP contribution >= 0.6 is 0 Å². The van der Waals surface area contributed by atoms with Gasteiger partial charge in [-0.1, -0.05) is 0 Å². The normalized spacial score (nSPS) is 29.6. The van der Waals surface area contributed by atoms with Crippen LogP contribution in [0.4, 0.5) is 0 Å². The lowest BCUT2D eigenvalue weighted by molar-refractivity contribution is 0.0568. The van der Waals surface area contributed by atoms with Crippen LogP contribution in [0.15, 0.2) is 0 Å². The second-order valence-electron chi connectivity index (χ2n) is 5.27. The van der Waals surface area contributed by atoms with Gasteiger partial charge in [0.05, 0.1) is 12.4 Å². The highest BCUT2D eigenvalue weighted by Crippen LogP contribution is 2.17. The van der Waals surface area contributed by atoms with Gasteiger partial charge in [-0.05, 0) is 37.5 Å². The first kappa shape index (κ1) is 14.2. The zero-order chi connectivity index (χ0) is 12.8. The summed E-state index contributed by atoms with van der Waals surface area (Å²) < 4.78 is 37.0. The van der Waals surface area contributed by atoms with Crippen LogP contribution in [0.1, 0.15) is 25.7 Å². The molecule has 2 fully saturated rings. The van der Waals surface area contributed by atoms with Crippen molar-refractivity contribution in [3.63, 3.8) is 0 Å². The summed E-state index contributed by atoms with van der Waals surface area (Å²) in [6.45, 7) is 3.50. The lowest BCUT2D eigenvalue weighted by Gasteiger charge is -2.22. The van der Waals surface area contributed by atoms with E-state index in [0.29, 0.717) is 38.0 Å². The quantitative estimate of drug-likeness (QED) is 0.778. The molecule has 0 radical (unpaired) electrons. The predicted molar refractivity (Wildman–Crippen MR) is 68.9 cm³/mol. The molecule has 0 amide bonds. The molecule has 2 unspecified atom stereocenters. The Hall–Kier alpha value is -0.170. The van der Waals surface area contributed by atoms with Gasteiger partial charge in [0.15, 0.2) is 0 Å². The first-order chi connectivity index (χ1) is 8.66. The summed E-state index contributed by atoms with van der Waals surface area (Å²) in [5.41, 5.74) is 0. The van der Waals surface area contributed by atoms with Crippen LogP contribution in [-0.2, 0) is 19.5 Å². The average Bonchev–Trinajstić information content (AvgIpc) is 2.89. The van der Waals surface area contributed by atoms with Crippen molar-refractivity contribution < 1.29 is 17.9 Å². The molecule has 0 aromatic rings. The highest BCUT2D eigenvalue weighted by atomic mass is 32.2. The van der Waals surface area contributed by atoms with Crippen LogP contribution in [0.2, 0.25) is 0 Å². The van der Waals surface area contributed by atoms with Gasteiger partial charge in [0.1, 0.15) is 0 Å². The molecule has 2 aliphatic rings. The summed E-state index contributed by atoms with van der Waals surface area (Å²) in [4.78, 5) is 0. The second-order valence-corrected chi connectivity index (χ2v) is 7.20. The molecule has 2 rings (SSSR count). The fourth-order valence-corrected chi connectivity index (χ4v) is 3.70. The van der Waals surface area contributed by atoms with Gasteiger partial charge in [0, 0.05) is 26.4 Å². The molecule has 18 heavy (non-hydrogen) atoms. The number of nitrogens with one attached hydrogen (secondary N) is 1. The number of hydrogen-bond acceptors (Lipinski definition) is 4. The fourth-order valence-electron chi connectivity index (χ4n) is 2.42. The molecule has 5 nitrogen and oxygen atoms in total. The summed E-state index contributed by atoms with van der Waals surface area (Å²) >= 11 is 0. The van der Waals surface area contributed by atoms with E-state index in [9.17, 15) is 8.42 Å². The van der Waals surface area contributed by atoms with Gasteiger partial charge in [0.2, 0.25) is 10.0 Å². The van der Waals surface area contributed by atoms with Gasteiger partial charge in [-0.3, -0.25) is 0 Å². The van der Waals surface area contributed by atoms with Crippen LogP contribution in [0, 0.1) is 11.8 Å². The monoisotopic (exact) mass is 277 g/mol. The Bertz CT molecular complexity index is 332. The Kier molecular flexibility index (Phi) is 5.41. The number of hydrogen-bond donors (Lipinski definition) is 1. The van der Waals surface area contributed by atoms with Crippen LogP contribution in [0.25, 0.3) is 0 Å². The lowest BCUT2D eigenvalue weighted by atomic mass is 10.0. The molecule has 2 heterocycles. The Morgan fingerprint density at radius 3 is 2.50 bits per heavy atom. The van der Waals surface area contributed by atoms with E-state index >= 15 is 0 Å². The molecule has 0 aromatic carbocycles. The van der Waals surface area contributed by atoms with Crippen molar-refractivity contribution in [2.45, 2.75) is 25.7 Å². The molecular weight excluding hydrogens is 254 g/mol. The fraction of sp³-hybridized carbons (Fsp3) is 1.00. The Morgan fingerprint density at radius 1 is 1.06 bits per heavy atom. The van der Waals surface area contributed by atoms with E-state index in [1.54, 1.807) is 0 Å². The minimum Gasteiger partial charge on any atom is -0.381 e. The molecular formula is C12H23NO4S. The van der Waals surface area contributed by atoms with E-state index in [1.807, 2.05) is 0 Å². The zero-order valence-corrected chi connectivity index (χ0v) is 11.6. The molecule has 2 atom stereocenters. The van der Waals surface area contributed by atoms with Gasteiger partial charge < -0.3 is 9.47 Å². The average molecular weight is 277 g/mol. The van der Waals surface area contributed by atoms with Gasteiger partial charge >= 0.3 is 0 Å². The molecule has 2 saturated heterocycles. The third kappa shape index (κ3) is 4.84. The highest BCUT2D eigenvalue weighted by molar-refractivity contribution is 7.89. The van der Waals surface area contributed by atoms with Crippen molar-refractivity contribution in [3.8, 4) is 0 Å². The van der Waals surface area contributed by atoms with E-state index in [4.69, 9.17) is 9.47 Å². The summed E-state index contributed by atoms with van der Waals surface area (Å²) in [6.07, 6.45) is 3.78. The van der Waals surface area contributed by atoms with Crippen LogP contribution < -0.4 is 4.72 Å². The first-order valence-electron chi connectivity index (χ1n) is 6.78. The Labute approximate surface area is 109 Å². The highest BCUT2D eigenvalue weighted by Gasteiger charge is 2.21. The minimum absolute atomic E-state index is 0.217. The topological polar surface area (TPSA) is 64.6 Å². The van der Waals surface area contributed by atoms with Crippen molar-refractivity contribution in [1.82, 2.24) is 4.72 Å². The van der Waals surface area contributed by atoms with Crippen molar-refractivity contribution >= 4 is 10.0 Å². The van der Waals surface area contributed by atoms with E-state index in [2.05, 4.69) is 4.72 Å². The maximum atomic E-state index is 11.8. The summed E-state index contributed by atoms with van der Waals surface area (Å²) in [5.74, 6) is 0.970. The summed E-state index contributed by atoms with van der Waals surface area (Å²) in [5, 5.41) is 0. The van der Waals surface area contributed by atoms with Crippen LogP contribution in [-0.4, -0.2) is 47.1 Å².